The smallest absolute Gasteiger partial charge is 0.395 e. The van der Waals surface area contributed by atoms with Crippen molar-refractivity contribution in [1.82, 2.24) is 46.6 Å². The van der Waals surface area contributed by atoms with Gasteiger partial charge >= 0.3 is 15.6 Å². The molecule has 0 bridgehead atoms. The molecule has 1 saturated carbocycles. The van der Waals surface area contributed by atoms with Crippen molar-refractivity contribution in [2.45, 2.75) is 306 Å². The second-order valence-electron chi connectivity index (χ2n) is 32.3. The third-order valence-electron chi connectivity index (χ3n) is 21.9. The van der Waals surface area contributed by atoms with Gasteiger partial charge in [-0.25, -0.2) is 9.13 Å². The molecule has 125 heavy (non-hydrogen) atoms. The fourth-order valence-corrected chi connectivity index (χ4v) is 16.1. The van der Waals surface area contributed by atoms with Gasteiger partial charge in [0.2, 0.25) is 53.2 Å². The fraction of sp³-hybridized carbons (Fsp3) is 0.887. The van der Waals surface area contributed by atoms with Gasteiger partial charge in [-0.2, -0.15) is 0 Å². The van der Waals surface area contributed by atoms with Crippen molar-refractivity contribution in [3.8, 4) is 0 Å². The third kappa shape index (κ3) is 45.4. The van der Waals surface area contributed by atoms with E-state index in [-0.39, 0.29) is 146 Å². The Morgan fingerprint density at radius 2 is 0.656 bits per heavy atom. The Bertz CT molecular complexity index is 3210. The van der Waals surface area contributed by atoms with E-state index < -0.39 is 184 Å². The molecule has 0 spiro atoms. The van der Waals surface area contributed by atoms with Crippen molar-refractivity contribution in [3.05, 3.63) is 0 Å². The molecular formula is C80H147N9O34P2. The van der Waals surface area contributed by atoms with Crippen molar-refractivity contribution in [2.75, 3.05) is 138 Å². The number of phosphoric acid groups is 2. The van der Waals surface area contributed by atoms with Crippen LogP contribution in [0.4, 0.5) is 0 Å². The summed E-state index contributed by atoms with van der Waals surface area (Å²) in [5.41, 5.74) is 0. The zero-order valence-corrected chi connectivity index (χ0v) is 75.2. The Morgan fingerprint density at radius 3 is 0.936 bits per heavy atom. The van der Waals surface area contributed by atoms with Gasteiger partial charge < -0.3 is 141 Å². The van der Waals surface area contributed by atoms with Gasteiger partial charge in [-0.05, 0) is 108 Å². The summed E-state index contributed by atoms with van der Waals surface area (Å²) in [6, 6.07) is -3.21. The molecular weight excluding hydrogens is 1690 g/mol. The Hall–Kier alpha value is -5.23. The number of ether oxygens (including phenoxy) is 7. The van der Waals surface area contributed by atoms with Gasteiger partial charge in [0.15, 0.2) is 18.9 Å². The normalized spacial score (nSPS) is 25.4. The predicted octanol–water partition coefficient (Wildman–Crippen LogP) is -0.835. The topological polar surface area (TPSA) is 614 Å². The average Bonchev–Trinajstić information content (AvgIpc) is 1.15. The number of aliphatic hydroxyl groups is 10. The van der Waals surface area contributed by atoms with E-state index in [4.69, 9.17) is 51.3 Å². The number of unbranched alkanes of at least 4 members (excludes halogenated alkanes) is 12. The Balaban J connectivity index is 1.23. The van der Waals surface area contributed by atoms with Crippen LogP contribution in [0, 0.1) is 11.8 Å². The largest absolute Gasteiger partial charge is 0.472 e. The highest BCUT2D eigenvalue weighted by Crippen LogP contribution is 2.44. The zero-order chi connectivity index (χ0) is 92.3. The molecule has 0 aromatic carbocycles. The van der Waals surface area contributed by atoms with E-state index in [1.54, 1.807) is 0 Å². The summed E-state index contributed by atoms with van der Waals surface area (Å²) in [6.45, 7) is 4.48. The number of carbonyl (C=O) groups is 9. The molecule has 3 heterocycles. The minimum absolute atomic E-state index is 0.0142. The van der Waals surface area contributed by atoms with E-state index in [9.17, 15) is 113 Å². The van der Waals surface area contributed by atoms with Crippen LogP contribution in [0.5, 0.6) is 0 Å². The lowest BCUT2D eigenvalue weighted by Crippen LogP contribution is -2.64. The van der Waals surface area contributed by atoms with Crippen LogP contribution >= 0.6 is 15.6 Å². The minimum Gasteiger partial charge on any atom is -0.395 e. The second-order valence-corrected chi connectivity index (χ2v) is 35.2. The van der Waals surface area contributed by atoms with Crippen LogP contribution in [-0.4, -0.2) is 365 Å². The summed E-state index contributed by atoms with van der Waals surface area (Å²) in [4.78, 5) is 140. The van der Waals surface area contributed by atoms with Crippen molar-refractivity contribution in [3.63, 3.8) is 0 Å². The number of hydrogen-bond donors (Lipinski definition) is 18. The first-order valence-corrected chi connectivity index (χ1v) is 47.3. The monoisotopic (exact) mass is 1840 g/mol. The maximum Gasteiger partial charge on any atom is 0.472 e. The lowest BCUT2D eigenvalue weighted by molar-refractivity contribution is -0.270. The predicted molar refractivity (Wildman–Crippen MR) is 446 cm³/mol. The van der Waals surface area contributed by atoms with E-state index in [0.717, 1.165) is 19.3 Å². The van der Waals surface area contributed by atoms with Crippen molar-refractivity contribution in [1.29, 1.82) is 0 Å². The van der Waals surface area contributed by atoms with Gasteiger partial charge in [-0.3, -0.25) is 61.2 Å². The number of hydrogen-bond acceptors (Lipinski definition) is 32. The van der Waals surface area contributed by atoms with Gasteiger partial charge in [0, 0.05) is 138 Å². The average molecular weight is 1840 g/mol. The molecule has 4 aliphatic rings. The Morgan fingerprint density at radius 1 is 0.368 bits per heavy atom. The molecule has 0 aromatic rings. The number of nitrogens with zero attached hydrogens (tertiary/aromatic N) is 3. The van der Waals surface area contributed by atoms with Crippen LogP contribution in [0.1, 0.15) is 208 Å². The SMILES string of the molecule is CC(=O)NC1C(OCCCCCC(=O)NCCCCCC(=O)N(CCO)CCOP(=O)(O)OCCN(CCOP(=O)(O)OCCN(CCOC2CCC(C(C)C)C2)C(=O)CCCCCNC(=O)CCCCCOC2OC(CO)C(O)C(O)C2NC(C)=O)C(=O)CCCCCNC(=O)CCCCCOC2OC(CO)C(O)C(O)C2NC(C)=O)OC(CO)C(O)C1O. The quantitative estimate of drug-likeness (QED) is 0.0261. The van der Waals surface area contributed by atoms with Crippen LogP contribution in [-0.2, 0) is 104 Å². The molecule has 0 radical (unpaired) electrons. The number of carbonyl (C=O) groups excluding carboxylic acids is 9. The number of aliphatic hydroxyl groups excluding tert-OH is 10. The number of amides is 9. The molecule has 18 N–H and O–H groups in total. The highest BCUT2D eigenvalue weighted by atomic mass is 31.2. The molecule has 9 amide bonds. The number of rotatable bonds is 68. The standard InChI is InChI=1S/C80H147N9O34P2/c1-54(2)58-30-31-59(50-58)113-45-36-88(67(101)28-16-7-19-33-82-64(98)25-13-10-22-43-115-79-70(85-56(4)95)76(107)73(104)61(52-92)122-79)38-47-118-125(111,112)120-49-40-89(68(102)29-17-8-20-34-83-65(99)26-14-11-23-44-116-80-71(86-57(5)96)77(108)74(105)62(53-93)123-80)39-48-119-124(109,110)117-46-37-87(35-41-90)66(100)27-15-6-18-32-81-63(97)24-12-9-21-42-114-78-69(84-55(3)94)75(106)72(103)60(51-91)121-78/h54,58-62,69-80,90-93,103-108H,6-53H2,1-5H3,(H,81,97)(H,82,98)(H,83,99)(H,84,94)(H,85,95)(H,86,96)(H,109,110)(H,111,112). The summed E-state index contributed by atoms with van der Waals surface area (Å²) >= 11 is 0. The van der Waals surface area contributed by atoms with Gasteiger partial charge in [0.25, 0.3) is 0 Å². The van der Waals surface area contributed by atoms with Crippen molar-refractivity contribution < 1.29 is 164 Å². The van der Waals surface area contributed by atoms with Crippen molar-refractivity contribution >= 4 is 68.8 Å². The van der Waals surface area contributed by atoms with Gasteiger partial charge in [-0.15, -0.1) is 0 Å². The second kappa shape index (κ2) is 62.9. The van der Waals surface area contributed by atoms with Gasteiger partial charge in [-0.1, -0.05) is 52.4 Å². The lowest BCUT2D eigenvalue weighted by Gasteiger charge is -2.42. The molecule has 45 heteroatoms. The molecule has 4 rings (SSSR count). The fourth-order valence-electron chi connectivity index (χ4n) is 14.7. The highest BCUT2D eigenvalue weighted by molar-refractivity contribution is 7.47. The van der Waals surface area contributed by atoms with Crippen molar-refractivity contribution in [2.24, 2.45) is 11.8 Å². The molecule has 19 unspecified atom stereocenters. The first-order chi connectivity index (χ1) is 59.6. The van der Waals surface area contributed by atoms with E-state index in [1.165, 1.54) is 35.5 Å². The van der Waals surface area contributed by atoms with Crippen LogP contribution in [0.15, 0.2) is 0 Å². The molecule has 3 aliphatic heterocycles. The van der Waals surface area contributed by atoms with Gasteiger partial charge in [0.05, 0.1) is 65.6 Å². The first-order valence-electron chi connectivity index (χ1n) is 44.3. The minimum atomic E-state index is -4.87. The van der Waals surface area contributed by atoms with Crippen LogP contribution in [0.2, 0.25) is 0 Å². The summed E-state index contributed by atoms with van der Waals surface area (Å²) in [5, 5.41) is 117. The lowest BCUT2D eigenvalue weighted by atomic mass is 9.95. The van der Waals surface area contributed by atoms with Crippen LogP contribution in [0.25, 0.3) is 0 Å². The Labute approximate surface area is 732 Å². The molecule has 0 aromatic heterocycles. The van der Waals surface area contributed by atoms with E-state index >= 15 is 0 Å². The molecule has 1 aliphatic carbocycles. The first kappa shape index (κ1) is 112. The third-order valence-corrected chi connectivity index (χ3v) is 23.9. The summed E-state index contributed by atoms with van der Waals surface area (Å²) < 4.78 is 87.9. The number of phosphoric ester groups is 2. The Kier molecular flexibility index (Phi) is 56.4. The summed E-state index contributed by atoms with van der Waals surface area (Å²) in [6.07, 6.45) is -2.58. The van der Waals surface area contributed by atoms with E-state index in [1.807, 2.05) is 0 Å². The van der Waals surface area contributed by atoms with E-state index in [0.29, 0.717) is 141 Å². The molecule has 19 atom stereocenters. The molecule has 726 valence electrons. The highest BCUT2D eigenvalue weighted by Gasteiger charge is 2.48. The van der Waals surface area contributed by atoms with Crippen LogP contribution < -0.4 is 31.9 Å². The molecule has 3 saturated heterocycles. The van der Waals surface area contributed by atoms with E-state index in [2.05, 4.69) is 45.7 Å². The number of nitrogens with one attached hydrogen (secondary N) is 6. The van der Waals surface area contributed by atoms with Crippen LogP contribution in [0.3, 0.4) is 0 Å². The zero-order valence-electron chi connectivity index (χ0n) is 73.4. The summed E-state index contributed by atoms with van der Waals surface area (Å²) in [5.74, 6) is -2.14. The summed E-state index contributed by atoms with van der Waals surface area (Å²) in [7, 11) is -9.73. The molecule has 4 fully saturated rings. The maximum absolute atomic E-state index is 13.9. The molecule has 43 nitrogen and oxygen atoms in total. The maximum atomic E-state index is 13.9. The van der Waals surface area contributed by atoms with Gasteiger partial charge in [0.1, 0.15) is 73.1 Å².